The van der Waals surface area contributed by atoms with Crippen molar-refractivity contribution in [3.8, 4) is 5.75 Å². The number of piperazine rings is 1. The van der Waals surface area contributed by atoms with E-state index in [1.165, 1.54) is 0 Å². The second-order valence-electron chi connectivity index (χ2n) is 12.3. The molecule has 7 aliphatic rings. The molecule has 8 heteroatoms. The Kier molecular flexibility index (Phi) is 3.43. The number of hydrogen-bond acceptors (Lipinski definition) is 6. The van der Waals surface area contributed by atoms with Crippen LogP contribution in [0.3, 0.4) is 0 Å². The Bertz CT molecular complexity index is 1220. The zero-order valence-electron chi connectivity index (χ0n) is 20.0. The Morgan fingerprint density at radius 2 is 1.97 bits per heavy atom. The van der Waals surface area contributed by atoms with Gasteiger partial charge in [-0.15, -0.1) is 0 Å². The summed E-state index contributed by atoms with van der Waals surface area (Å²) in [5.74, 6) is 0.138. The van der Waals surface area contributed by atoms with E-state index in [1.807, 2.05) is 39.8 Å². The maximum atomic E-state index is 14.0. The van der Waals surface area contributed by atoms with Gasteiger partial charge < -0.3 is 30.3 Å². The lowest BCUT2D eigenvalue weighted by molar-refractivity contribution is -0.206. The molecule has 34 heavy (non-hydrogen) atoms. The first-order valence-electron chi connectivity index (χ1n) is 12.3. The van der Waals surface area contributed by atoms with E-state index in [4.69, 9.17) is 4.74 Å². The van der Waals surface area contributed by atoms with Crippen LogP contribution in [0.15, 0.2) is 18.2 Å². The third-order valence-electron chi connectivity index (χ3n) is 9.74. The van der Waals surface area contributed by atoms with Crippen molar-refractivity contribution in [2.45, 2.75) is 81.7 Å². The molecule has 5 fully saturated rings. The Labute approximate surface area is 198 Å². The third kappa shape index (κ3) is 2.02. The van der Waals surface area contributed by atoms with Gasteiger partial charge in [-0.3, -0.25) is 9.59 Å². The van der Waals surface area contributed by atoms with E-state index in [-0.39, 0.29) is 24.2 Å². The number of rotatable bonds is 0. The van der Waals surface area contributed by atoms with Gasteiger partial charge in [0.2, 0.25) is 11.8 Å². The van der Waals surface area contributed by atoms with Crippen molar-refractivity contribution in [3.05, 3.63) is 34.5 Å². The van der Waals surface area contributed by atoms with Gasteiger partial charge in [-0.05, 0) is 56.7 Å². The standard InChI is InChI=1S/C26H30N3O5/c1-22(2)10-8-14-16(34-22)7-6-15-18(14)29(33)19-23(3,4)17-12-24-9-5-11-28(24)21(31)25(17,27-20(24)30)13-26(15,19)32/h6-8,10,17,19,32H,5,9,11-13H2,1-4H3,(H,27,30)/q-1/t17-,19?,24-,25+,26+/m1/s1. The number of piperidine rings is 2. The highest BCUT2D eigenvalue weighted by Crippen LogP contribution is 2.67. The van der Waals surface area contributed by atoms with Crippen molar-refractivity contribution in [1.29, 1.82) is 0 Å². The number of anilines is 1. The van der Waals surface area contributed by atoms with Gasteiger partial charge in [0, 0.05) is 35.7 Å². The molecule has 1 saturated carbocycles. The molecule has 2 bridgehead atoms. The first-order valence-corrected chi connectivity index (χ1v) is 12.3. The fourth-order valence-electron chi connectivity index (χ4n) is 8.44. The second kappa shape index (κ2) is 5.62. The summed E-state index contributed by atoms with van der Waals surface area (Å²) >= 11 is 0. The number of amides is 2. The minimum absolute atomic E-state index is 0.00346. The van der Waals surface area contributed by atoms with Gasteiger partial charge in [-0.1, -0.05) is 19.9 Å². The Hall–Kier alpha value is -2.58. The summed E-state index contributed by atoms with van der Waals surface area (Å²) in [6.07, 6.45) is 5.78. The highest BCUT2D eigenvalue weighted by Gasteiger charge is 2.77. The number of nitrogens with one attached hydrogen (secondary N) is 1. The van der Waals surface area contributed by atoms with Crippen LogP contribution in [0.2, 0.25) is 0 Å². The van der Waals surface area contributed by atoms with Crippen LogP contribution in [-0.4, -0.2) is 51.1 Å². The molecule has 8 rings (SSSR count). The quantitative estimate of drug-likeness (QED) is 0.611. The van der Waals surface area contributed by atoms with Crippen LogP contribution in [0.5, 0.6) is 5.75 Å². The fraction of sp³-hybridized carbons (Fsp3) is 0.615. The van der Waals surface area contributed by atoms with Crippen LogP contribution in [0.1, 0.15) is 64.5 Å². The SMILES string of the molecule is CC1(C)C=Cc2c(ccc3c2N([O-])C2C(C)(C)[C@H]4C[C@@]56CCCN5C(=O)[C@@]4(C[C@]32O)NC6=O)O1. The van der Waals surface area contributed by atoms with Crippen molar-refractivity contribution in [3.63, 3.8) is 0 Å². The lowest BCUT2D eigenvalue weighted by atomic mass is 9.46. The number of hydrogen-bond donors (Lipinski definition) is 2. The maximum Gasteiger partial charge on any atom is 0.249 e. The smallest absolute Gasteiger partial charge is 0.249 e. The summed E-state index contributed by atoms with van der Waals surface area (Å²) in [5.41, 5.74) is -3.30. The molecule has 2 spiro atoms. The summed E-state index contributed by atoms with van der Waals surface area (Å²) in [6.45, 7) is 8.42. The van der Waals surface area contributed by atoms with Crippen molar-refractivity contribution >= 4 is 23.6 Å². The van der Waals surface area contributed by atoms with Gasteiger partial charge in [0.25, 0.3) is 0 Å². The molecule has 6 heterocycles. The monoisotopic (exact) mass is 464 g/mol. The molecular formula is C26H30N3O5-. The van der Waals surface area contributed by atoms with Crippen molar-refractivity contribution in [2.24, 2.45) is 11.3 Å². The van der Waals surface area contributed by atoms with E-state index in [0.29, 0.717) is 42.0 Å². The van der Waals surface area contributed by atoms with Crippen molar-refractivity contribution < 1.29 is 19.4 Å². The average Bonchev–Trinajstić information content (AvgIpc) is 3.27. The molecule has 8 nitrogen and oxygen atoms in total. The van der Waals surface area contributed by atoms with E-state index in [0.717, 1.165) is 11.5 Å². The number of carbonyl (C=O) groups excluding carboxylic acids is 2. The maximum absolute atomic E-state index is 14.0. The van der Waals surface area contributed by atoms with Crippen LogP contribution in [0.4, 0.5) is 5.69 Å². The number of hydroxylamine groups is 1. The van der Waals surface area contributed by atoms with E-state index in [1.54, 1.807) is 17.0 Å². The summed E-state index contributed by atoms with van der Waals surface area (Å²) < 4.78 is 6.10. The van der Waals surface area contributed by atoms with Crippen LogP contribution >= 0.6 is 0 Å². The molecule has 2 N–H and O–H groups in total. The zero-order valence-corrected chi connectivity index (χ0v) is 20.0. The molecule has 2 amide bonds. The molecule has 6 aliphatic heterocycles. The first kappa shape index (κ1) is 20.8. The lowest BCUT2D eigenvalue weighted by Gasteiger charge is -2.69. The van der Waals surface area contributed by atoms with Crippen molar-refractivity contribution in [1.82, 2.24) is 10.2 Å². The van der Waals surface area contributed by atoms with E-state index >= 15 is 0 Å². The van der Waals surface area contributed by atoms with E-state index < -0.39 is 33.7 Å². The summed E-state index contributed by atoms with van der Waals surface area (Å²) in [4.78, 5) is 29.1. The molecule has 1 aromatic carbocycles. The lowest BCUT2D eigenvalue weighted by Crippen LogP contribution is -2.86. The highest BCUT2D eigenvalue weighted by atomic mass is 16.5. The molecule has 1 aliphatic carbocycles. The van der Waals surface area contributed by atoms with Gasteiger partial charge in [0.15, 0.2) is 0 Å². The Morgan fingerprint density at radius 1 is 1.21 bits per heavy atom. The topological polar surface area (TPSA) is 105 Å². The van der Waals surface area contributed by atoms with Crippen LogP contribution in [0.25, 0.3) is 6.08 Å². The average molecular weight is 465 g/mol. The predicted molar refractivity (Wildman–Crippen MR) is 125 cm³/mol. The van der Waals surface area contributed by atoms with E-state index in [9.17, 15) is 19.9 Å². The predicted octanol–water partition coefficient (Wildman–Crippen LogP) is 2.42. The molecule has 0 aromatic heterocycles. The minimum Gasteiger partial charge on any atom is -0.758 e. The number of benzene rings is 1. The van der Waals surface area contributed by atoms with Gasteiger partial charge in [-0.2, -0.15) is 0 Å². The van der Waals surface area contributed by atoms with Gasteiger partial charge in [0.05, 0.1) is 6.04 Å². The fourth-order valence-corrected chi connectivity index (χ4v) is 8.44. The Morgan fingerprint density at radius 3 is 2.74 bits per heavy atom. The molecule has 4 saturated heterocycles. The van der Waals surface area contributed by atoms with Gasteiger partial charge >= 0.3 is 0 Å². The third-order valence-corrected chi connectivity index (χ3v) is 9.74. The van der Waals surface area contributed by atoms with Crippen LogP contribution in [-0.2, 0) is 15.2 Å². The number of ether oxygens (including phenoxy) is 1. The molecule has 0 radical (unpaired) electrons. The minimum atomic E-state index is -1.59. The largest absolute Gasteiger partial charge is 0.758 e. The zero-order chi connectivity index (χ0) is 24.1. The summed E-state index contributed by atoms with van der Waals surface area (Å²) in [5, 5.41) is 30.4. The number of aliphatic hydroxyl groups is 1. The molecule has 5 atom stereocenters. The Balaban J connectivity index is 1.43. The highest BCUT2D eigenvalue weighted by molar-refractivity contribution is 6.05. The summed E-state index contributed by atoms with van der Waals surface area (Å²) in [6, 6.07) is 2.79. The normalized spacial score (nSPS) is 41.8. The first-order chi connectivity index (χ1) is 15.9. The molecule has 180 valence electrons. The molecule has 1 unspecified atom stereocenters. The van der Waals surface area contributed by atoms with E-state index in [2.05, 4.69) is 5.32 Å². The second-order valence-corrected chi connectivity index (χ2v) is 12.3. The van der Waals surface area contributed by atoms with Crippen LogP contribution < -0.4 is 15.1 Å². The number of carbonyl (C=O) groups is 2. The molecular weight excluding hydrogens is 434 g/mol. The van der Waals surface area contributed by atoms with Gasteiger partial charge in [0.1, 0.15) is 28.0 Å². The van der Waals surface area contributed by atoms with Gasteiger partial charge in [-0.25, -0.2) is 0 Å². The number of fused-ring (bicyclic) bond motifs is 6. The van der Waals surface area contributed by atoms with Crippen molar-refractivity contribution in [2.75, 3.05) is 11.6 Å². The number of nitrogens with zero attached hydrogens (tertiary/aromatic N) is 2. The van der Waals surface area contributed by atoms with Crippen LogP contribution in [0, 0.1) is 16.5 Å². The summed E-state index contributed by atoms with van der Waals surface area (Å²) in [7, 11) is 0. The molecule has 1 aromatic rings.